The first-order valence-corrected chi connectivity index (χ1v) is 41.4. The van der Waals surface area contributed by atoms with E-state index in [0.29, 0.717) is 71.0 Å². The average molecular weight is 1490 g/mol. The predicted molar refractivity (Wildman–Crippen MR) is 442 cm³/mol. The van der Waals surface area contributed by atoms with Gasteiger partial charge < -0.3 is 18.9 Å². The molecular weight excluding hydrogens is 1410 g/mol. The fraction of sp³-hybridized carbons (Fsp3) is 0.277. The van der Waals surface area contributed by atoms with Crippen LogP contribution in [-0.4, -0.2) is 38.0 Å². The molecule has 0 amide bonds. The molecule has 0 saturated carbocycles. The van der Waals surface area contributed by atoms with Crippen molar-refractivity contribution in [2.24, 2.45) is 0 Å². The monoisotopic (exact) mass is 1490 g/mol. The molecule has 0 saturated heterocycles. The van der Waals surface area contributed by atoms with Crippen molar-refractivity contribution >= 4 is 99.0 Å². The maximum atomic E-state index is 14.7. The number of nitriles is 2. The topological polar surface area (TPSA) is 127 Å². The molecule has 108 heavy (non-hydrogen) atoms. The molecule has 0 unspecified atom stereocenters. The molecule has 538 valence electrons. The Balaban J connectivity index is 1.03. The van der Waals surface area contributed by atoms with E-state index in [4.69, 9.17) is 32.1 Å². The van der Waals surface area contributed by atoms with Crippen LogP contribution in [0.15, 0.2) is 192 Å². The lowest BCUT2D eigenvalue weighted by molar-refractivity contribution is 0.103. The van der Waals surface area contributed by atoms with Crippen LogP contribution in [0.3, 0.4) is 0 Å². The summed E-state index contributed by atoms with van der Waals surface area (Å²) in [5, 5.41) is 21.0. The van der Waals surface area contributed by atoms with E-state index < -0.39 is 10.8 Å². The van der Waals surface area contributed by atoms with E-state index in [1.807, 2.05) is 48.6 Å². The van der Waals surface area contributed by atoms with Gasteiger partial charge in [-0.15, -0.1) is 45.3 Å². The van der Waals surface area contributed by atoms with Gasteiger partial charge in [-0.05, 0) is 166 Å². The Morgan fingerprint density at radius 3 is 1.03 bits per heavy atom. The van der Waals surface area contributed by atoms with Crippen LogP contribution in [0.2, 0.25) is 0 Å². The molecule has 4 aliphatic rings. The van der Waals surface area contributed by atoms with E-state index in [0.717, 1.165) is 220 Å². The number of unbranched alkanes of at least 4 members (excludes halogenated alkanes) is 12. The Bertz CT molecular complexity index is 5190. The van der Waals surface area contributed by atoms with Crippen molar-refractivity contribution in [3.8, 4) is 56.0 Å². The SMILES string of the molecule is [C-]#[N+]/C(C#N)=C1\C(=C\c2cc3sc4c(c3s2)C(c2cccc(OCCCCCC)c2)(c2cccc(OCCCCCC)c2)c2cc3c(cc2-4)C(c2cccc(OCCCCCC)c2)(c2cccc(OCCCCCC)c2)c2c-3sc3cc(/C=C4\C(=O)c5ccccc5\C4=C(\C#N)[N+]#[C-])sc23)C(=O)c2ccccc21. The van der Waals surface area contributed by atoms with E-state index >= 15 is 0 Å². The zero-order valence-corrected chi connectivity index (χ0v) is 64.6. The molecule has 7 aromatic carbocycles. The largest absolute Gasteiger partial charge is 0.494 e. The molecule has 0 spiro atoms. The number of ketones is 2. The third-order valence-corrected chi connectivity index (χ3v) is 26.3. The number of carbonyl (C=O) groups excluding carboxylic acids is 2. The number of allylic oxidation sites excluding steroid dienone is 6. The van der Waals surface area contributed by atoms with E-state index in [9.17, 15) is 20.1 Å². The Morgan fingerprint density at radius 1 is 0.398 bits per heavy atom. The van der Waals surface area contributed by atoms with Crippen LogP contribution in [0, 0.1) is 35.8 Å². The molecule has 0 atom stereocenters. The molecule has 11 aromatic rings. The van der Waals surface area contributed by atoms with Crippen molar-refractivity contribution in [3.05, 3.63) is 292 Å². The van der Waals surface area contributed by atoms with Crippen LogP contribution in [0.1, 0.15) is 217 Å². The quantitative estimate of drug-likeness (QED) is 0.0188. The number of ether oxygens (including phenoxy) is 4. The molecular formula is C94H82N4O6S4. The summed E-state index contributed by atoms with van der Waals surface area (Å²) in [4.78, 5) is 40.7. The highest BCUT2D eigenvalue weighted by atomic mass is 32.1. The molecule has 4 aromatic heterocycles. The predicted octanol–water partition coefficient (Wildman–Crippen LogP) is 25.7. The summed E-state index contributed by atoms with van der Waals surface area (Å²) in [6, 6.07) is 63.0. The van der Waals surface area contributed by atoms with Crippen LogP contribution in [0.25, 0.3) is 72.7 Å². The number of carbonyl (C=O) groups is 2. The number of fused-ring (bicyclic) bond motifs is 12. The fourth-order valence-corrected chi connectivity index (χ4v) is 22.0. The lowest BCUT2D eigenvalue weighted by atomic mass is 9.66. The van der Waals surface area contributed by atoms with E-state index in [-0.39, 0.29) is 23.0 Å². The van der Waals surface area contributed by atoms with Crippen molar-refractivity contribution in [1.82, 2.24) is 0 Å². The Morgan fingerprint density at radius 2 is 0.722 bits per heavy atom. The van der Waals surface area contributed by atoms with Gasteiger partial charge in [0.25, 0.3) is 11.4 Å². The number of rotatable bonds is 30. The van der Waals surface area contributed by atoms with Gasteiger partial charge in [0.05, 0.1) is 71.9 Å². The molecule has 4 aliphatic carbocycles. The Hall–Kier alpha value is -10.7. The zero-order valence-electron chi connectivity index (χ0n) is 61.3. The minimum Gasteiger partial charge on any atom is -0.494 e. The number of Topliss-reactive ketones (excluding diaryl/α,β-unsaturated/α-hetero) is 2. The summed E-state index contributed by atoms with van der Waals surface area (Å²) < 4.78 is 31.5. The smallest absolute Gasteiger partial charge is 0.270 e. The lowest BCUT2D eigenvalue weighted by Crippen LogP contribution is -2.30. The summed E-state index contributed by atoms with van der Waals surface area (Å²) in [5.74, 6) is 2.63. The van der Waals surface area contributed by atoms with Gasteiger partial charge in [-0.3, -0.25) is 9.59 Å². The van der Waals surface area contributed by atoms with Crippen molar-refractivity contribution in [1.29, 1.82) is 10.5 Å². The van der Waals surface area contributed by atoms with Crippen LogP contribution in [-0.2, 0) is 10.8 Å². The van der Waals surface area contributed by atoms with Crippen LogP contribution < -0.4 is 18.9 Å². The van der Waals surface area contributed by atoms with Gasteiger partial charge in [0.1, 0.15) is 23.0 Å². The highest BCUT2D eigenvalue weighted by molar-refractivity contribution is 7.31. The highest BCUT2D eigenvalue weighted by Crippen LogP contribution is 2.69. The van der Waals surface area contributed by atoms with Gasteiger partial charge >= 0.3 is 0 Å². The average Bonchev–Trinajstić information content (AvgIpc) is 1.49. The molecule has 0 radical (unpaired) electrons. The second kappa shape index (κ2) is 32.0. The maximum Gasteiger partial charge on any atom is 0.270 e. The summed E-state index contributed by atoms with van der Waals surface area (Å²) in [7, 11) is 0. The van der Waals surface area contributed by atoms with Crippen molar-refractivity contribution < 1.29 is 28.5 Å². The third-order valence-electron chi connectivity index (χ3n) is 21.5. The molecule has 4 heterocycles. The van der Waals surface area contributed by atoms with Gasteiger partial charge in [-0.2, -0.15) is 0 Å². The van der Waals surface area contributed by atoms with E-state index in [1.165, 1.54) is 0 Å². The molecule has 0 aliphatic heterocycles. The highest BCUT2D eigenvalue weighted by Gasteiger charge is 2.55. The normalized spacial score (nSPS) is 15.6. The molecule has 0 N–H and O–H groups in total. The zero-order chi connectivity index (χ0) is 74.5. The van der Waals surface area contributed by atoms with Crippen molar-refractivity contribution in [2.45, 2.75) is 141 Å². The second-order valence-corrected chi connectivity index (χ2v) is 32.5. The van der Waals surface area contributed by atoms with Crippen molar-refractivity contribution in [3.63, 3.8) is 0 Å². The van der Waals surface area contributed by atoms with Crippen molar-refractivity contribution in [2.75, 3.05) is 26.4 Å². The number of hydrogen-bond donors (Lipinski definition) is 0. The Kier molecular flexibility index (Phi) is 21.6. The van der Waals surface area contributed by atoms with Gasteiger partial charge in [0.15, 0.2) is 11.6 Å². The lowest BCUT2D eigenvalue weighted by Gasteiger charge is -2.36. The minimum atomic E-state index is -1.04. The molecule has 0 fully saturated rings. The molecule has 14 heteroatoms. The standard InChI is InChI=1S/C94H82N4O6S4/c1-7-11-15-23-43-101-63-35-27-31-59(47-63)93(60-32-28-36-64(48-60)102-44-24-16-12-8-2)77-55-74-78(56-73(77)89-85(93)91-81(107-89)53-67(105-91)51-75-83(79(57-95)97-5)69-39-19-21-41-71(69)87(75)99)94(61-33-29-37-65(49-61)103-45-25-17-13-9-3,62-34-30-38-66(50-62)104-46-26-18-14-10-4)86-90(74)108-82-54-68(106-92(82)86)52-76-84(80(58-96)98-6)70-40-20-22-42-72(70)88(76)100/h19-22,27-42,47-56H,7-18,23-26,43-46H2,1-4H3/b75-51-,76-52-,83-79-,84-80+. The number of hydrogen-bond acceptors (Lipinski definition) is 12. The number of benzene rings is 7. The third kappa shape index (κ3) is 13.0. The van der Waals surface area contributed by atoms with Gasteiger partial charge in [-0.1, -0.05) is 202 Å². The minimum absolute atomic E-state index is 0.127. The molecule has 15 rings (SSSR count). The molecule has 10 nitrogen and oxygen atoms in total. The summed E-state index contributed by atoms with van der Waals surface area (Å²) in [6.07, 6.45) is 20.7. The number of nitrogens with zero attached hydrogens (tertiary/aromatic N) is 4. The summed E-state index contributed by atoms with van der Waals surface area (Å²) in [6.45, 7) is 27.5. The summed E-state index contributed by atoms with van der Waals surface area (Å²) >= 11 is 6.74. The second-order valence-electron chi connectivity index (χ2n) is 28.2. The van der Waals surface area contributed by atoms with Crippen LogP contribution in [0.4, 0.5) is 0 Å². The van der Waals surface area contributed by atoms with Gasteiger partial charge in [0, 0.05) is 73.5 Å². The first-order chi connectivity index (χ1) is 53.1. The van der Waals surface area contributed by atoms with E-state index in [2.05, 4.69) is 171 Å². The van der Waals surface area contributed by atoms with Gasteiger partial charge in [0.2, 0.25) is 0 Å². The maximum absolute atomic E-state index is 14.7. The molecule has 0 bridgehead atoms. The summed E-state index contributed by atoms with van der Waals surface area (Å²) in [5.41, 5.74) is 11.7. The number of thiophene rings is 4. The van der Waals surface area contributed by atoms with Crippen LogP contribution in [0.5, 0.6) is 23.0 Å². The van der Waals surface area contributed by atoms with E-state index in [1.54, 1.807) is 57.5 Å². The van der Waals surface area contributed by atoms with Crippen LogP contribution >= 0.6 is 45.3 Å². The van der Waals surface area contributed by atoms with Gasteiger partial charge in [-0.25, -0.2) is 20.2 Å². The Labute approximate surface area is 648 Å². The fourth-order valence-electron chi connectivity index (χ4n) is 16.5. The first kappa shape index (κ1) is 72.9. The first-order valence-electron chi connectivity index (χ1n) is 38.1.